The molecule has 14 heteroatoms. The Hall–Kier alpha value is -4.40. The van der Waals surface area contributed by atoms with Gasteiger partial charge in [0.05, 0.1) is 42.1 Å². The Kier molecular flexibility index (Phi) is 11.5. The summed E-state index contributed by atoms with van der Waals surface area (Å²) in [6, 6.07) is 14.0. The van der Waals surface area contributed by atoms with Gasteiger partial charge in [-0.1, -0.05) is 89.6 Å². The number of allylic oxidation sites excluding steroid dienone is 1. The molecule has 3 aliphatic rings. The highest BCUT2D eigenvalue weighted by atomic mass is 79.9. The number of fused-ring (bicyclic) bond motifs is 2. The molecule has 1 unspecified atom stereocenters. The number of aromatic nitrogens is 3. The van der Waals surface area contributed by atoms with Crippen molar-refractivity contribution >= 4 is 50.7 Å². The van der Waals surface area contributed by atoms with Crippen LogP contribution in [0.3, 0.4) is 0 Å². The van der Waals surface area contributed by atoms with Gasteiger partial charge < -0.3 is 29.7 Å². The van der Waals surface area contributed by atoms with Gasteiger partial charge in [-0.3, -0.25) is 19.2 Å². The Bertz CT molecular complexity index is 1850. The number of rotatable bonds is 16. The summed E-state index contributed by atoms with van der Waals surface area (Å²) in [5.41, 5.74) is 0.645. The number of carbonyl (C=O) groups is 4. The van der Waals surface area contributed by atoms with Crippen LogP contribution in [0.1, 0.15) is 51.7 Å². The van der Waals surface area contributed by atoms with Gasteiger partial charge in [-0.05, 0) is 43.4 Å². The summed E-state index contributed by atoms with van der Waals surface area (Å²) in [7, 11) is 0. The van der Waals surface area contributed by atoms with Crippen LogP contribution in [-0.2, 0) is 35.3 Å². The first kappa shape index (κ1) is 38.3. The Morgan fingerprint density at radius 1 is 1.13 bits per heavy atom. The predicted molar refractivity (Wildman–Crippen MR) is 200 cm³/mol. The second-order valence-corrected chi connectivity index (χ2v) is 15.6. The Morgan fingerprint density at radius 3 is 2.53 bits per heavy atom. The van der Waals surface area contributed by atoms with E-state index in [1.807, 2.05) is 68.4 Å². The summed E-state index contributed by atoms with van der Waals surface area (Å²) in [5.74, 6) is -4.14. The second kappa shape index (κ2) is 15.9. The van der Waals surface area contributed by atoms with Gasteiger partial charge in [-0.25, -0.2) is 4.68 Å². The molecule has 3 aliphatic heterocycles. The van der Waals surface area contributed by atoms with Crippen molar-refractivity contribution in [3.63, 3.8) is 0 Å². The molecule has 282 valence electrons. The molecule has 3 aromatic rings. The van der Waals surface area contributed by atoms with E-state index in [4.69, 9.17) is 9.47 Å². The molecule has 9 atom stereocenters. The van der Waals surface area contributed by atoms with E-state index in [0.29, 0.717) is 17.5 Å². The molecule has 6 rings (SSSR count). The number of nitrogens with zero attached hydrogens (tertiary/aromatic N) is 5. The summed E-state index contributed by atoms with van der Waals surface area (Å²) in [5, 5.41) is 22.2. The molecule has 0 radical (unpaired) electrons. The number of hydrogen-bond acceptors (Lipinski definition) is 9. The van der Waals surface area contributed by atoms with Crippen molar-refractivity contribution in [2.45, 2.75) is 87.5 Å². The number of carbonyl (C=O) groups excluding carboxylic acids is 4. The number of ether oxygens (including phenoxy) is 2. The standard InChI is InChI=1S/C39H47BrN6O7/c1-6-8-18-30(48)41-24(5)33(25-14-10-9-11-15-25)52-38(51)31-32-36(49)46(29(21-47)23(3)4)35(39(32)20-26(40)34(31)53-39)37(50)44(19-7-2)22-45-28-17-13-12-16-27(28)42-43-45/h6-7,9-17,23-24,26,29,31-35,47H,1-2,8,18-22H2,3-5H3,(H,41,48)/t24-,26?,29+,31+,32-,33-,34+,35+,39-/m1/s1. The number of likely N-dealkylation sites (tertiary alicyclic amines) is 1. The van der Waals surface area contributed by atoms with Crippen LogP contribution in [0.5, 0.6) is 0 Å². The lowest BCUT2D eigenvalue weighted by Gasteiger charge is -2.40. The first-order valence-electron chi connectivity index (χ1n) is 18.1. The van der Waals surface area contributed by atoms with Gasteiger partial charge in [0, 0.05) is 17.8 Å². The molecule has 4 heterocycles. The zero-order valence-corrected chi connectivity index (χ0v) is 31.8. The first-order valence-corrected chi connectivity index (χ1v) is 19.0. The summed E-state index contributed by atoms with van der Waals surface area (Å²) in [6.45, 7) is 12.8. The Balaban J connectivity index is 1.36. The normalized spacial score (nSPS) is 26.3. The minimum absolute atomic E-state index is 0.0118. The highest BCUT2D eigenvalue weighted by Gasteiger charge is 2.77. The molecule has 1 aromatic heterocycles. The molecule has 0 aliphatic carbocycles. The fraction of sp³-hybridized carbons (Fsp3) is 0.487. The number of hydrogen-bond donors (Lipinski definition) is 2. The smallest absolute Gasteiger partial charge is 0.313 e. The number of aliphatic hydroxyl groups excluding tert-OH is 1. The summed E-state index contributed by atoms with van der Waals surface area (Å²) in [4.78, 5) is 59.7. The van der Waals surface area contributed by atoms with Crippen LogP contribution in [0, 0.1) is 17.8 Å². The highest BCUT2D eigenvalue weighted by molar-refractivity contribution is 9.09. The lowest BCUT2D eigenvalue weighted by atomic mass is 9.70. The van der Waals surface area contributed by atoms with Crippen molar-refractivity contribution in [2.24, 2.45) is 17.8 Å². The van der Waals surface area contributed by atoms with Crippen molar-refractivity contribution in [3.05, 3.63) is 85.5 Å². The van der Waals surface area contributed by atoms with Crippen LogP contribution in [0.15, 0.2) is 79.9 Å². The molecule has 2 N–H and O–H groups in total. The maximum absolute atomic E-state index is 15.0. The lowest BCUT2D eigenvalue weighted by molar-refractivity contribution is -0.163. The van der Waals surface area contributed by atoms with E-state index in [1.54, 1.807) is 28.7 Å². The topological polar surface area (TPSA) is 156 Å². The zero-order valence-electron chi connectivity index (χ0n) is 30.2. The summed E-state index contributed by atoms with van der Waals surface area (Å²) < 4.78 is 14.6. The Labute approximate surface area is 317 Å². The van der Waals surface area contributed by atoms with E-state index >= 15 is 4.79 Å². The quantitative estimate of drug-likeness (QED) is 0.125. The van der Waals surface area contributed by atoms with E-state index in [2.05, 4.69) is 44.7 Å². The number of aliphatic hydroxyl groups is 1. The lowest BCUT2D eigenvalue weighted by Crippen LogP contribution is -2.60. The van der Waals surface area contributed by atoms with Gasteiger partial charge >= 0.3 is 5.97 Å². The minimum atomic E-state index is -1.41. The molecule has 3 fully saturated rings. The maximum atomic E-state index is 15.0. The monoisotopic (exact) mass is 790 g/mol. The van der Waals surface area contributed by atoms with Crippen LogP contribution in [0.25, 0.3) is 11.0 Å². The van der Waals surface area contributed by atoms with E-state index in [1.165, 1.54) is 4.90 Å². The number of esters is 1. The van der Waals surface area contributed by atoms with Crippen LogP contribution in [-0.4, -0.2) is 101 Å². The van der Waals surface area contributed by atoms with E-state index in [0.717, 1.165) is 5.52 Å². The third-order valence-electron chi connectivity index (χ3n) is 10.7. The number of nitrogens with one attached hydrogen (secondary N) is 1. The van der Waals surface area contributed by atoms with Crippen molar-refractivity contribution in [3.8, 4) is 0 Å². The maximum Gasteiger partial charge on any atom is 0.313 e. The van der Waals surface area contributed by atoms with Crippen LogP contribution < -0.4 is 5.32 Å². The SMILES string of the molecule is C=CCCC(=O)N[C@H](C)[C@@H](OC(=O)[C@@H]1[C@H]2O[C@@]3(CC2Br)[C@H](C(=O)N(CC=C)Cn2nnc4ccccc42)N([C@@H](CO)C(C)C)C(=O)[C@@H]13)c1ccccc1. The average molecular weight is 792 g/mol. The molecule has 0 saturated carbocycles. The fourth-order valence-corrected chi connectivity index (χ4v) is 9.21. The molecule has 2 bridgehead atoms. The molecule has 2 aromatic carbocycles. The fourth-order valence-electron chi connectivity index (χ4n) is 8.26. The second-order valence-electron chi connectivity index (χ2n) is 14.4. The molecule has 3 amide bonds. The summed E-state index contributed by atoms with van der Waals surface area (Å²) in [6.07, 6.45) is 2.60. The van der Waals surface area contributed by atoms with Crippen molar-refractivity contribution in [2.75, 3.05) is 13.2 Å². The van der Waals surface area contributed by atoms with Crippen LogP contribution >= 0.6 is 15.9 Å². The number of benzene rings is 2. The van der Waals surface area contributed by atoms with Gasteiger partial charge in [-0.2, -0.15) is 0 Å². The zero-order chi connectivity index (χ0) is 38.0. The molecular weight excluding hydrogens is 744 g/mol. The van der Waals surface area contributed by atoms with E-state index < -0.39 is 72.2 Å². The van der Waals surface area contributed by atoms with Crippen molar-refractivity contribution in [1.29, 1.82) is 0 Å². The highest BCUT2D eigenvalue weighted by Crippen LogP contribution is 2.61. The molecule has 1 spiro atoms. The third-order valence-corrected chi connectivity index (χ3v) is 11.6. The average Bonchev–Trinajstić information content (AvgIpc) is 3.87. The van der Waals surface area contributed by atoms with Gasteiger partial charge in [0.1, 0.15) is 29.9 Å². The van der Waals surface area contributed by atoms with Gasteiger partial charge in [-0.15, -0.1) is 18.3 Å². The van der Waals surface area contributed by atoms with Gasteiger partial charge in [0.2, 0.25) is 17.7 Å². The number of halogens is 1. The molecule has 53 heavy (non-hydrogen) atoms. The van der Waals surface area contributed by atoms with Gasteiger partial charge in [0.25, 0.3) is 0 Å². The number of para-hydroxylation sites is 1. The van der Waals surface area contributed by atoms with E-state index in [9.17, 15) is 19.5 Å². The Morgan fingerprint density at radius 2 is 1.85 bits per heavy atom. The molecule has 3 saturated heterocycles. The molecular formula is C39H47BrN6O7. The van der Waals surface area contributed by atoms with E-state index in [-0.39, 0.29) is 42.7 Å². The van der Waals surface area contributed by atoms with Crippen LogP contribution in [0.2, 0.25) is 0 Å². The first-order chi connectivity index (χ1) is 25.5. The minimum Gasteiger partial charge on any atom is -0.455 e. The van der Waals surface area contributed by atoms with Crippen LogP contribution in [0.4, 0.5) is 0 Å². The third kappa shape index (κ3) is 7.04. The number of amides is 3. The predicted octanol–water partition coefficient (Wildman–Crippen LogP) is 3.92. The summed E-state index contributed by atoms with van der Waals surface area (Å²) >= 11 is 3.73. The molecule has 13 nitrogen and oxygen atoms in total. The number of alkyl halides is 1. The van der Waals surface area contributed by atoms with Crippen molar-refractivity contribution < 1.29 is 33.8 Å². The largest absolute Gasteiger partial charge is 0.455 e. The van der Waals surface area contributed by atoms with Crippen molar-refractivity contribution in [1.82, 2.24) is 30.1 Å². The van der Waals surface area contributed by atoms with Gasteiger partial charge in [0.15, 0.2) is 0 Å².